The lowest BCUT2D eigenvalue weighted by Crippen LogP contribution is -1.98. The van der Waals surface area contributed by atoms with E-state index in [1.54, 1.807) is 12.1 Å². The lowest BCUT2D eigenvalue weighted by atomic mass is 10.2. The molecule has 0 amide bonds. The highest BCUT2D eigenvalue weighted by Gasteiger charge is 2.06. The van der Waals surface area contributed by atoms with Crippen molar-refractivity contribution in [2.45, 2.75) is 6.54 Å². The first-order valence-corrected chi connectivity index (χ1v) is 6.71. The second kappa shape index (κ2) is 4.70. The van der Waals surface area contributed by atoms with Gasteiger partial charge in [0.2, 0.25) is 0 Å². The van der Waals surface area contributed by atoms with Gasteiger partial charge >= 0.3 is 0 Å². The van der Waals surface area contributed by atoms with Crippen molar-refractivity contribution in [1.29, 1.82) is 0 Å². The molecule has 2 nitrogen and oxygen atoms in total. The molecule has 2 aromatic carbocycles. The van der Waals surface area contributed by atoms with Crippen molar-refractivity contribution in [3.8, 4) is 0 Å². The molecule has 19 heavy (non-hydrogen) atoms. The minimum atomic E-state index is -0.215. The third-order valence-electron chi connectivity index (χ3n) is 3.15. The first-order valence-electron chi connectivity index (χ1n) is 5.92. The maximum atomic E-state index is 12.9. The minimum absolute atomic E-state index is 0.215. The topological polar surface area (TPSA) is 30.9 Å². The van der Waals surface area contributed by atoms with Crippen LogP contribution in [-0.2, 0) is 6.54 Å². The minimum Gasteiger partial charge on any atom is -0.398 e. The molecule has 0 saturated heterocycles. The van der Waals surface area contributed by atoms with E-state index in [1.165, 1.54) is 12.1 Å². The molecular formula is C15H12BrFN2. The Kier molecular flexibility index (Phi) is 3.03. The normalized spacial score (nSPS) is 11.1. The first-order chi connectivity index (χ1) is 9.13. The Labute approximate surface area is 118 Å². The maximum Gasteiger partial charge on any atom is 0.123 e. The Morgan fingerprint density at radius 1 is 1.11 bits per heavy atom. The lowest BCUT2D eigenvalue weighted by Gasteiger charge is -2.07. The summed E-state index contributed by atoms with van der Waals surface area (Å²) in [6.45, 7) is 0.694. The van der Waals surface area contributed by atoms with Crippen molar-refractivity contribution in [2.24, 2.45) is 0 Å². The fourth-order valence-corrected chi connectivity index (χ4v) is 2.68. The Balaban J connectivity index is 2.03. The van der Waals surface area contributed by atoms with Crippen LogP contribution in [0.3, 0.4) is 0 Å². The third kappa shape index (κ3) is 2.36. The van der Waals surface area contributed by atoms with Crippen molar-refractivity contribution in [2.75, 3.05) is 5.73 Å². The lowest BCUT2D eigenvalue weighted by molar-refractivity contribution is 0.626. The van der Waals surface area contributed by atoms with Gasteiger partial charge in [0.05, 0.1) is 5.52 Å². The summed E-state index contributed by atoms with van der Waals surface area (Å²) in [5, 5.41) is 1.03. The maximum absolute atomic E-state index is 12.9. The molecule has 0 aliphatic carbocycles. The molecule has 2 N–H and O–H groups in total. The SMILES string of the molecule is Nc1cc(Br)cc2c1ccn2Cc1ccc(F)cc1. The highest BCUT2D eigenvalue weighted by atomic mass is 79.9. The van der Waals surface area contributed by atoms with Gasteiger partial charge in [-0.3, -0.25) is 0 Å². The second-order valence-corrected chi connectivity index (χ2v) is 5.41. The molecule has 3 rings (SSSR count). The molecule has 1 aromatic heterocycles. The van der Waals surface area contributed by atoms with Crippen LogP contribution < -0.4 is 5.73 Å². The van der Waals surface area contributed by atoms with Crippen LogP contribution in [0.4, 0.5) is 10.1 Å². The zero-order chi connectivity index (χ0) is 13.4. The molecule has 0 aliphatic heterocycles. The van der Waals surface area contributed by atoms with Crippen molar-refractivity contribution in [1.82, 2.24) is 4.57 Å². The zero-order valence-corrected chi connectivity index (χ0v) is 11.7. The number of halogens is 2. The quantitative estimate of drug-likeness (QED) is 0.706. The molecule has 0 aliphatic rings. The van der Waals surface area contributed by atoms with Gasteiger partial charge < -0.3 is 10.3 Å². The number of hydrogen-bond acceptors (Lipinski definition) is 1. The molecule has 1 heterocycles. The number of rotatable bonds is 2. The molecule has 0 fully saturated rings. The van der Waals surface area contributed by atoms with E-state index in [4.69, 9.17) is 5.73 Å². The largest absolute Gasteiger partial charge is 0.398 e. The Hall–Kier alpha value is -1.81. The summed E-state index contributed by atoms with van der Waals surface area (Å²) in [7, 11) is 0. The molecule has 0 atom stereocenters. The molecule has 0 radical (unpaired) electrons. The van der Waals surface area contributed by atoms with Gasteiger partial charge in [-0.1, -0.05) is 28.1 Å². The van der Waals surface area contributed by atoms with Gasteiger partial charge in [0, 0.05) is 28.3 Å². The zero-order valence-electron chi connectivity index (χ0n) is 10.1. The summed E-state index contributed by atoms with van der Waals surface area (Å²) in [5.41, 5.74) is 8.86. The standard InChI is InChI=1S/C15H12BrFN2/c16-11-7-14(18)13-5-6-19(15(13)8-11)9-10-1-3-12(17)4-2-10/h1-8H,9,18H2. The fraction of sp³-hybridized carbons (Fsp3) is 0.0667. The van der Waals surface area contributed by atoms with Crippen LogP contribution >= 0.6 is 15.9 Å². The van der Waals surface area contributed by atoms with Crippen LogP contribution in [0.5, 0.6) is 0 Å². The Bertz CT molecular complexity index is 732. The van der Waals surface area contributed by atoms with Crippen molar-refractivity contribution < 1.29 is 4.39 Å². The number of benzene rings is 2. The fourth-order valence-electron chi connectivity index (χ4n) is 2.21. The molecule has 0 unspecified atom stereocenters. The highest BCUT2D eigenvalue weighted by Crippen LogP contribution is 2.27. The van der Waals surface area contributed by atoms with Crippen LogP contribution in [0.25, 0.3) is 10.9 Å². The van der Waals surface area contributed by atoms with E-state index < -0.39 is 0 Å². The van der Waals surface area contributed by atoms with Crippen LogP contribution in [0.2, 0.25) is 0 Å². The van der Waals surface area contributed by atoms with Crippen LogP contribution in [0.15, 0.2) is 53.1 Å². The van der Waals surface area contributed by atoms with Gasteiger partial charge in [-0.15, -0.1) is 0 Å². The molecule has 0 bridgehead atoms. The molecule has 4 heteroatoms. The van der Waals surface area contributed by atoms with E-state index in [0.717, 1.165) is 26.6 Å². The monoisotopic (exact) mass is 318 g/mol. The summed E-state index contributed by atoms with van der Waals surface area (Å²) in [4.78, 5) is 0. The number of nitrogens with zero attached hydrogens (tertiary/aromatic N) is 1. The first kappa shape index (κ1) is 12.2. The van der Waals surface area contributed by atoms with E-state index in [2.05, 4.69) is 20.5 Å². The summed E-state index contributed by atoms with van der Waals surface area (Å²) < 4.78 is 16.0. The van der Waals surface area contributed by atoms with Crippen molar-refractivity contribution >= 4 is 32.5 Å². The third-order valence-corrected chi connectivity index (χ3v) is 3.61. The van der Waals surface area contributed by atoms with E-state index in [-0.39, 0.29) is 5.82 Å². The number of fused-ring (bicyclic) bond motifs is 1. The molecule has 0 saturated carbocycles. The van der Waals surface area contributed by atoms with E-state index in [9.17, 15) is 4.39 Å². The molecular weight excluding hydrogens is 307 g/mol. The molecule has 3 aromatic rings. The molecule has 0 spiro atoms. The predicted molar refractivity (Wildman–Crippen MR) is 79.6 cm³/mol. The van der Waals surface area contributed by atoms with E-state index >= 15 is 0 Å². The van der Waals surface area contributed by atoms with Crippen LogP contribution in [-0.4, -0.2) is 4.57 Å². The van der Waals surface area contributed by atoms with E-state index in [0.29, 0.717) is 6.54 Å². The number of aromatic nitrogens is 1. The highest BCUT2D eigenvalue weighted by molar-refractivity contribution is 9.10. The summed E-state index contributed by atoms with van der Waals surface area (Å²) >= 11 is 3.45. The second-order valence-electron chi connectivity index (χ2n) is 4.50. The Morgan fingerprint density at radius 3 is 2.58 bits per heavy atom. The Morgan fingerprint density at radius 2 is 1.84 bits per heavy atom. The van der Waals surface area contributed by atoms with Crippen LogP contribution in [0, 0.1) is 5.82 Å². The number of hydrogen-bond donors (Lipinski definition) is 1. The van der Waals surface area contributed by atoms with Crippen molar-refractivity contribution in [3.05, 3.63) is 64.5 Å². The average molecular weight is 319 g/mol. The van der Waals surface area contributed by atoms with Gasteiger partial charge in [0.25, 0.3) is 0 Å². The average Bonchev–Trinajstić information content (AvgIpc) is 2.76. The summed E-state index contributed by atoms with van der Waals surface area (Å²) in [6, 6.07) is 12.5. The number of nitrogen functional groups attached to an aromatic ring is 1. The predicted octanol–water partition coefficient (Wildman–Crippen LogP) is 4.17. The number of nitrogens with two attached hydrogens (primary N) is 1. The number of anilines is 1. The van der Waals surface area contributed by atoms with E-state index in [1.807, 2.05) is 24.4 Å². The van der Waals surface area contributed by atoms with Gasteiger partial charge in [0.15, 0.2) is 0 Å². The smallest absolute Gasteiger partial charge is 0.123 e. The van der Waals surface area contributed by atoms with Gasteiger partial charge in [-0.05, 0) is 35.9 Å². The van der Waals surface area contributed by atoms with Crippen molar-refractivity contribution in [3.63, 3.8) is 0 Å². The van der Waals surface area contributed by atoms with Gasteiger partial charge in [-0.25, -0.2) is 4.39 Å². The van der Waals surface area contributed by atoms with Crippen LogP contribution in [0.1, 0.15) is 5.56 Å². The van der Waals surface area contributed by atoms with Gasteiger partial charge in [0.1, 0.15) is 5.82 Å². The summed E-state index contributed by atoms with van der Waals surface area (Å²) in [5.74, 6) is -0.215. The summed E-state index contributed by atoms with van der Waals surface area (Å²) in [6.07, 6.45) is 2.00. The van der Waals surface area contributed by atoms with Gasteiger partial charge in [-0.2, -0.15) is 0 Å². The molecule has 96 valence electrons.